The van der Waals surface area contributed by atoms with Crippen LogP contribution in [-0.2, 0) is 16.7 Å². The molecule has 2 aromatic heterocycles. The molecule has 6 nitrogen and oxygen atoms in total. The van der Waals surface area contributed by atoms with Gasteiger partial charge in [-0.15, -0.1) is 0 Å². The Balaban J connectivity index is 1.79. The number of morpholine rings is 1. The second-order valence-electron chi connectivity index (χ2n) is 6.53. The number of aromatic amines is 2. The molecule has 114 valence electrons. The monoisotopic (exact) mass is 289 g/mol. The molecule has 3 heterocycles. The Bertz CT molecular complexity index is 569. The van der Waals surface area contributed by atoms with Crippen LogP contribution in [0.2, 0.25) is 0 Å². The third-order valence-electron chi connectivity index (χ3n) is 3.87. The van der Waals surface area contributed by atoms with E-state index in [1.807, 2.05) is 12.4 Å². The van der Waals surface area contributed by atoms with Gasteiger partial charge in [0.2, 0.25) is 0 Å². The van der Waals surface area contributed by atoms with E-state index in [9.17, 15) is 0 Å². The van der Waals surface area contributed by atoms with Crippen LogP contribution >= 0.6 is 0 Å². The predicted octanol–water partition coefficient (Wildman–Crippen LogP) is 2.00. The van der Waals surface area contributed by atoms with Gasteiger partial charge in [0.05, 0.1) is 25.8 Å². The predicted molar refractivity (Wildman–Crippen MR) is 79.8 cm³/mol. The highest BCUT2D eigenvalue weighted by atomic mass is 16.5. The highest BCUT2D eigenvalue weighted by Crippen LogP contribution is 2.26. The van der Waals surface area contributed by atoms with Crippen molar-refractivity contribution < 1.29 is 4.74 Å². The van der Waals surface area contributed by atoms with Gasteiger partial charge in [-0.2, -0.15) is 0 Å². The molecular weight excluding hydrogens is 266 g/mol. The molecule has 0 radical (unpaired) electrons. The summed E-state index contributed by atoms with van der Waals surface area (Å²) in [6.07, 6.45) is 5.58. The number of rotatable bonds is 3. The minimum absolute atomic E-state index is 0.0760. The van der Waals surface area contributed by atoms with Gasteiger partial charge in [0.25, 0.3) is 0 Å². The van der Waals surface area contributed by atoms with E-state index in [1.54, 1.807) is 6.20 Å². The first-order valence-corrected chi connectivity index (χ1v) is 7.39. The van der Waals surface area contributed by atoms with Crippen LogP contribution in [0.15, 0.2) is 18.6 Å². The number of aromatic nitrogens is 4. The average Bonchev–Trinajstić information content (AvgIpc) is 3.09. The standard InChI is InChI=1S/C15H23N5O/c1-15(2,3)12-8-18-14(19-12)11-10-21-7-6-20(11)9-13-16-4-5-17-13/h4-5,8,11H,6-7,9-10H2,1-3H3,(H,16,17)(H,18,19). The van der Waals surface area contributed by atoms with Crippen LogP contribution in [0.4, 0.5) is 0 Å². The largest absolute Gasteiger partial charge is 0.378 e. The maximum Gasteiger partial charge on any atom is 0.126 e. The van der Waals surface area contributed by atoms with Gasteiger partial charge < -0.3 is 14.7 Å². The lowest BCUT2D eigenvalue weighted by atomic mass is 9.93. The van der Waals surface area contributed by atoms with Gasteiger partial charge in [0.1, 0.15) is 11.6 Å². The highest BCUT2D eigenvalue weighted by Gasteiger charge is 2.28. The second-order valence-corrected chi connectivity index (χ2v) is 6.53. The van der Waals surface area contributed by atoms with E-state index in [2.05, 4.69) is 45.6 Å². The topological polar surface area (TPSA) is 69.8 Å². The van der Waals surface area contributed by atoms with Crippen molar-refractivity contribution in [3.05, 3.63) is 35.9 Å². The van der Waals surface area contributed by atoms with Crippen LogP contribution < -0.4 is 0 Å². The molecule has 3 rings (SSSR count). The Labute approximate surface area is 124 Å². The van der Waals surface area contributed by atoms with E-state index in [-0.39, 0.29) is 11.5 Å². The Hall–Kier alpha value is -1.66. The van der Waals surface area contributed by atoms with Gasteiger partial charge in [-0.25, -0.2) is 9.97 Å². The lowest BCUT2D eigenvalue weighted by molar-refractivity contribution is -0.0167. The van der Waals surface area contributed by atoms with Crippen molar-refractivity contribution in [3.8, 4) is 0 Å². The molecule has 1 atom stereocenters. The molecule has 0 aromatic carbocycles. The summed E-state index contributed by atoms with van der Waals surface area (Å²) in [6.45, 7) is 9.64. The number of nitrogens with one attached hydrogen (secondary N) is 2. The maximum atomic E-state index is 5.65. The summed E-state index contributed by atoms with van der Waals surface area (Å²) in [5.74, 6) is 1.95. The van der Waals surface area contributed by atoms with Crippen LogP contribution in [0.5, 0.6) is 0 Å². The minimum atomic E-state index is 0.0760. The molecule has 0 saturated carbocycles. The number of hydrogen-bond acceptors (Lipinski definition) is 4. The van der Waals surface area contributed by atoms with Crippen molar-refractivity contribution in [2.75, 3.05) is 19.8 Å². The van der Waals surface area contributed by atoms with Gasteiger partial charge in [0, 0.05) is 36.2 Å². The van der Waals surface area contributed by atoms with Gasteiger partial charge in [-0.3, -0.25) is 4.90 Å². The lowest BCUT2D eigenvalue weighted by Gasteiger charge is -2.33. The third-order valence-corrected chi connectivity index (χ3v) is 3.87. The second kappa shape index (κ2) is 5.61. The fraction of sp³-hybridized carbons (Fsp3) is 0.600. The molecule has 1 fully saturated rings. The van der Waals surface area contributed by atoms with Gasteiger partial charge >= 0.3 is 0 Å². The number of hydrogen-bond donors (Lipinski definition) is 2. The Morgan fingerprint density at radius 1 is 1.38 bits per heavy atom. The molecule has 1 unspecified atom stereocenters. The molecule has 6 heteroatoms. The minimum Gasteiger partial charge on any atom is -0.378 e. The first kappa shape index (κ1) is 14.3. The quantitative estimate of drug-likeness (QED) is 0.907. The van der Waals surface area contributed by atoms with Crippen molar-refractivity contribution in [3.63, 3.8) is 0 Å². The molecule has 2 N–H and O–H groups in total. The summed E-state index contributed by atoms with van der Waals surface area (Å²) in [6, 6.07) is 0.153. The van der Waals surface area contributed by atoms with E-state index in [4.69, 9.17) is 4.74 Å². The molecule has 1 saturated heterocycles. The van der Waals surface area contributed by atoms with E-state index in [0.717, 1.165) is 37.0 Å². The molecule has 21 heavy (non-hydrogen) atoms. The smallest absolute Gasteiger partial charge is 0.126 e. The van der Waals surface area contributed by atoms with Crippen LogP contribution in [0.3, 0.4) is 0 Å². The molecule has 0 aliphatic carbocycles. The van der Waals surface area contributed by atoms with Crippen molar-refractivity contribution in [2.45, 2.75) is 38.8 Å². The Morgan fingerprint density at radius 2 is 2.24 bits per heavy atom. The van der Waals surface area contributed by atoms with Crippen LogP contribution in [0, 0.1) is 0 Å². The maximum absolute atomic E-state index is 5.65. The van der Waals surface area contributed by atoms with E-state index < -0.39 is 0 Å². The molecule has 1 aliphatic rings. The number of ether oxygens (including phenoxy) is 1. The molecule has 0 amide bonds. The Morgan fingerprint density at radius 3 is 2.90 bits per heavy atom. The number of imidazole rings is 2. The zero-order valence-electron chi connectivity index (χ0n) is 12.9. The van der Waals surface area contributed by atoms with E-state index in [1.165, 1.54) is 0 Å². The lowest BCUT2D eigenvalue weighted by Crippen LogP contribution is -2.39. The van der Waals surface area contributed by atoms with Crippen LogP contribution in [-0.4, -0.2) is 44.6 Å². The first-order chi connectivity index (χ1) is 10.0. The summed E-state index contributed by atoms with van der Waals surface area (Å²) < 4.78 is 5.65. The number of H-pyrrole nitrogens is 2. The zero-order valence-corrected chi connectivity index (χ0v) is 12.9. The van der Waals surface area contributed by atoms with E-state index in [0.29, 0.717) is 6.61 Å². The van der Waals surface area contributed by atoms with Gasteiger partial charge in [-0.1, -0.05) is 20.8 Å². The van der Waals surface area contributed by atoms with Crippen LogP contribution in [0.25, 0.3) is 0 Å². The molecule has 0 bridgehead atoms. The summed E-state index contributed by atoms with van der Waals surface area (Å²) in [5.41, 5.74) is 1.23. The summed E-state index contributed by atoms with van der Waals surface area (Å²) in [7, 11) is 0. The van der Waals surface area contributed by atoms with Gasteiger partial charge in [-0.05, 0) is 0 Å². The highest BCUT2D eigenvalue weighted by molar-refractivity contribution is 5.13. The molecular formula is C15H23N5O. The van der Waals surface area contributed by atoms with Crippen molar-refractivity contribution in [1.29, 1.82) is 0 Å². The summed E-state index contributed by atoms with van der Waals surface area (Å²) >= 11 is 0. The number of nitrogens with zero attached hydrogens (tertiary/aromatic N) is 3. The third kappa shape index (κ3) is 3.16. The molecule has 1 aliphatic heterocycles. The van der Waals surface area contributed by atoms with Gasteiger partial charge in [0.15, 0.2) is 0 Å². The molecule has 0 spiro atoms. The van der Waals surface area contributed by atoms with Crippen molar-refractivity contribution >= 4 is 0 Å². The first-order valence-electron chi connectivity index (χ1n) is 7.39. The van der Waals surface area contributed by atoms with Crippen LogP contribution in [0.1, 0.15) is 44.2 Å². The fourth-order valence-corrected chi connectivity index (χ4v) is 2.54. The average molecular weight is 289 g/mol. The Kier molecular flexibility index (Phi) is 3.82. The van der Waals surface area contributed by atoms with E-state index >= 15 is 0 Å². The SMILES string of the molecule is CC(C)(C)c1cnc(C2COCCN2Cc2ncc[nH]2)[nH]1. The van der Waals surface area contributed by atoms with Crippen molar-refractivity contribution in [2.24, 2.45) is 0 Å². The summed E-state index contributed by atoms with van der Waals surface area (Å²) in [4.78, 5) is 17.9. The zero-order chi connectivity index (χ0) is 14.9. The summed E-state index contributed by atoms with van der Waals surface area (Å²) in [5, 5.41) is 0. The van der Waals surface area contributed by atoms with Crippen molar-refractivity contribution in [1.82, 2.24) is 24.8 Å². The normalized spacial score (nSPS) is 20.8. The molecule has 2 aromatic rings. The fourth-order valence-electron chi connectivity index (χ4n) is 2.54.